The molecule has 0 saturated heterocycles. The molecule has 1 aromatic heterocycles. The summed E-state index contributed by atoms with van der Waals surface area (Å²) < 4.78 is 7.13. The number of nitrogens with zero attached hydrogens (tertiary/aromatic N) is 3. The van der Waals surface area contributed by atoms with Gasteiger partial charge < -0.3 is 4.74 Å². The van der Waals surface area contributed by atoms with Crippen LogP contribution in [0.3, 0.4) is 0 Å². The van der Waals surface area contributed by atoms with Gasteiger partial charge in [0.2, 0.25) is 0 Å². The Morgan fingerprint density at radius 2 is 1.91 bits per heavy atom. The molecule has 1 heterocycles. The van der Waals surface area contributed by atoms with Crippen LogP contribution in [0, 0.1) is 0 Å². The molecule has 2 aromatic carbocycles. The van der Waals surface area contributed by atoms with E-state index in [4.69, 9.17) is 4.74 Å². The topological polar surface area (TPSA) is 39.9 Å². The van der Waals surface area contributed by atoms with E-state index < -0.39 is 0 Å². The number of hydrogen-bond acceptors (Lipinski definition) is 3. The lowest BCUT2D eigenvalue weighted by molar-refractivity contribution is 0.414. The first-order chi connectivity index (χ1) is 11.3. The molecule has 0 aliphatic heterocycles. The summed E-state index contributed by atoms with van der Waals surface area (Å²) in [5, 5.41) is 4.36. The van der Waals surface area contributed by atoms with Crippen molar-refractivity contribution in [2.24, 2.45) is 0 Å². The van der Waals surface area contributed by atoms with Crippen LogP contribution in [0.1, 0.15) is 25.3 Å². The van der Waals surface area contributed by atoms with Crippen LogP contribution in [0.25, 0.3) is 17.1 Å². The molecular formula is C19H21N3O. The minimum Gasteiger partial charge on any atom is -0.497 e. The molecule has 0 unspecified atom stereocenters. The van der Waals surface area contributed by atoms with E-state index in [2.05, 4.69) is 41.3 Å². The van der Waals surface area contributed by atoms with Gasteiger partial charge in [0, 0.05) is 11.6 Å². The lowest BCUT2D eigenvalue weighted by atomic mass is 10.1. The molecule has 0 bridgehead atoms. The van der Waals surface area contributed by atoms with Crippen molar-refractivity contribution in [3.05, 3.63) is 60.4 Å². The van der Waals surface area contributed by atoms with Crippen molar-refractivity contribution in [1.82, 2.24) is 14.8 Å². The molecule has 4 heteroatoms. The lowest BCUT2D eigenvalue weighted by Gasteiger charge is -2.08. The highest BCUT2D eigenvalue weighted by molar-refractivity contribution is 5.58. The SMILES string of the molecule is CCCCc1ccc(-c2ncnn2-c2cccc(OC)c2)cc1. The first-order valence-electron chi connectivity index (χ1n) is 7.95. The molecule has 0 atom stereocenters. The van der Waals surface area contributed by atoms with Gasteiger partial charge in [-0.25, -0.2) is 9.67 Å². The summed E-state index contributed by atoms with van der Waals surface area (Å²) in [6.45, 7) is 2.21. The number of benzene rings is 2. The fourth-order valence-corrected chi connectivity index (χ4v) is 2.57. The Morgan fingerprint density at radius 3 is 2.65 bits per heavy atom. The van der Waals surface area contributed by atoms with Gasteiger partial charge in [-0.1, -0.05) is 43.7 Å². The zero-order valence-electron chi connectivity index (χ0n) is 13.6. The van der Waals surface area contributed by atoms with Crippen molar-refractivity contribution in [2.75, 3.05) is 7.11 Å². The number of aryl methyl sites for hydroxylation is 1. The van der Waals surface area contributed by atoms with Crippen LogP contribution in [-0.2, 0) is 6.42 Å². The average Bonchev–Trinajstić information content (AvgIpc) is 3.10. The normalized spacial score (nSPS) is 10.7. The van der Waals surface area contributed by atoms with Gasteiger partial charge in [-0.15, -0.1) is 0 Å². The maximum absolute atomic E-state index is 5.29. The van der Waals surface area contributed by atoms with Crippen molar-refractivity contribution in [3.63, 3.8) is 0 Å². The zero-order chi connectivity index (χ0) is 16.1. The summed E-state index contributed by atoms with van der Waals surface area (Å²) in [5.74, 6) is 1.64. The van der Waals surface area contributed by atoms with E-state index in [1.165, 1.54) is 18.4 Å². The number of ether oxygens (including phenoxy) is 1. The van der Waals surface area contributed by atoms with E-state index in [0.717, 1.165) is 29.2 Å². The molecular weight excluding hydrogens is 286 g/mol. The quantitative estimate of drug-likeness (QED) is 0.682. The molecule has 0 saturated carbocycles. The Kier molecular flexibility index (Phi) is 4.71. The van der Waals surface area contributed by atoms with Gasteiger partial charge in [0.05, 0.1) is 12.8 Å². The Bertz CT molecular complexity index is 762. The third-order valence-electron chi connectivity index (χ3n) is 3.88. The largest absolute Gasteiger partial charge is 0.497 e. The van der Waals surface area contributed by atoms with E-state index in [1.54, 1.807) is 13.4 Å². The number of aromatic nitrogens is 3. The van der Waals surface area contributed by atoms with Gasteiger partial charge in [0.1, 0.15) is 12.1 Å². The molecule has 0 aliphatic rings. The fraction of sp³-hybridized carbons (Fsp3) is 0.263. The molecule has 4 nitrogen and oxygen atoms in total. The first kappa shape index (κ1) is 15.3. The lowest BCUT2D eigenvalue weighted by Crippen LogP contribution is -2.00. The summed E-state index contributed by atoms with van der Waals surface area (Å²) in [6, 6.07) is 16.4. The summed E-state index contributed by atoms with van der Waals surface area (Å²) in [4.78, 5) is 4.42. The van der Waals surface area contributed by atoms with E-state index in [1.807, 2.05) is 28.9 Å². The Balaban J connectivity index is 1.91. The highest BCUT2D eigenvalue weighted by Crippen LogP contribution is 2.23. The number of unbranched alkanes of at least 4 members (excludes halogenated alkanes) is 1. The second-order valence-corrected chi connectivity index (χ2v) is 5.50. The van der Waals surface area contributed by atoms with Gasteiger partial charge in [0.15, 0.2) is 5.82 Å². The highest BCUT2D eigenvalue weighted by Gasteiger charge is 2.10. The monoisotopic (exact) mass is 307 g/mol. The van der Waals surface area contributed by atoms with Crippen LogP contribution in [-0.4, -0.2) is 21.9 Å². The Morgan fingerprint density at radius 1 is 1.09 bits per heavy atom. The molecule has 0 spiro atoms. The minimum atomic E-state index is 0.805. The fourth-order valence-electron chi connectivity index (χ4n) is 2.57. The number of methoxy groups -OCH3 is 1. The predicted molar refractivity (Wildman–Crippen MR) is 92.0 cm³/mol. The zero-order valence-corrected chi connectivity index (χ0v) is 13.6. The van der Waals surface area contributed by atoms with E-state index >= 15 is 0 Å². The summed E-state index contributed by atoms with van der Waals surface area (Å²) >= 11 is 0. The van der Waals surface area contributed by atoms with Crippen LogP contribution >= 0.6 is 0 Å². The maximum Gasteiger partial charge on any atom is 0.163 e. The first-order valence-corrected chi connectivity index (χ1v) is 7.95. The smallest absolute Gasteiger partial charge is 0.163 e. The number of hydrogen-bond donors (Lipinski definition) is 0. The highest BCUT2D eigenvalue weighted by atomic mass is 16.5. The second-order valence-electron chi connectivity index (χ2n) is 5.50. The van der Waals surface area contributed by atoms with E-state index in [0.29, 0.717) is 0 Å². The molecule has 118 valence electrons. The average molecular weight is 307 g/mol. The van der Waals surface area contributed by atoms with Crippen LogP contribution in [0.4, 0.5) is 0 Å². The van der Waals surface area contributed by atoms with Gasteiger partial charge >= 0.3 is 0 Å². The van der Waals surface area contributed by atoms with Crippen LogP contribution in [0.2, 0.25) is 0 Å². The van der Waals surface area contributed by atoms with Gasteiger partial charge in [-0.3, -0.25) is 0 Å². The third-order valence-corrected chi connectivity index (χ3v) is 3.88. The molecule has 3 aromatic rings. The van der Waals surface area contributed by atoms with Gasteiger partial charge in [-0.05, 0) is 30.5 Å². The van der Waals surface area contributed by atoms with Crippen molar-refractivity contribution in [3.8, 4) is 22.8 Å². The van der Waals surface area contributed by atoms with Crippen molar-refractivity contribution >= 4 is 0 Å². The minimum absolute atomic E-state index is 0.805. The number of rotatable bonds is 6. The van der Waals surface area contributed by atoms with E-state index in [-0.39, 0.29) is 0 Å². The molecule has 0 N–H and O–H groups in total. The molecule has 0 radical (unpaired) electrons. The molecule has 3 rings (SSSR count). The maximum atomic E-state index is 5.29. The van der Waals surface area contributed by atoms with E-state index in [9.17, 15) is 0 Å². The second kappa shape index (κ2) is 7.09. The van der Waals surface area contributed by atoms with Crippen LogP contribution in [0.5, 0.6) is 5.75 Å². The Labute approximate surface area is 136 Å². The molecule has 0 amide bonds. The predicted octanol–water partition coefficient (Wildman–Crippen LogP) is 4.29. The molecule has 23 heavy (non-hydrogen) atoms. The summed E-state index contributed by atoms with van der Waals surface area (Å²) in [7, 11) is 1.66. The van der Waals surface area contributed by atoms with Gasteiger partial charge in [-0.2, -0.15) is 5.10 Å². The molecule has 0 aliphatic carbocycles. The summed E-state index contributed by atoms with van der Waals surface area (Å²) in [6.07, 6.45) is 5.14. The Hall–Kier alpha value is -2.62. The van der Waals surface area contributed by atoms with Crippen LogP contribution in [0.15, 0.2) is 54.9 Å². The summed E-state index contributed by atoms with van der Waals surface area (Å²) in [5.41, 5.74) is 3.36. The third kappa shape index (κ3) is 3.42. The van der Waals surface area contributed by atoms with Crippen molar-refractivity contribution in [2.45, 2.75) is 26.2 Å². The van der Waals surface area contributed by atoms with Crippen molar-refractivity contribution in [1.29, 1.82) is 0 Å². The van der Waals surface area contributed by atoms with Crippen molar-refractivity contribution < 1.29 is 4.74 Å². The van der Waals surface area contributed by atoms with Crippen LogP contribution < -0.4 is 4.74 Å². The van der Waals surface area contributed by atoms with Gasteiger partial charge in [0.25, 0.3) is 0 Å². The standard InChI is InChI=1S/C19H21N3O/c1-3-4-6-15-9-11-16(12-10-15)19-20-14-21-22(19)17-7-5-8-18(13-17)23-2/h5,7-14H,3-4,6H2,1-2H3. The molecule has 0 fully saturated rings.